The van der Waals surface area contributed by atoms with Gasteiger partial charge in [0, 0.05) is 38.4 Å². The van der Waals surface area contributed by atoms with Crippen molar-refractivity contribution < 1.29 is 14.3 Å². The molecule has 2 aliphatic heterocycles. The molecule has 0 radical (unpaired) electrons. The number of rotatable bonds is 0. The number of benzene rings is 1. The molecule has 0 unspecified atom stereocenters. The summed E-state index contributed by atoms with van der Waals surface area (Å²) in [4.78, 5) is 30.2. The van der Waals surface area contributed by atoms with Crippen LogP contribution in [0, 0.1) is 0 Å². The molecule has 0 N–H and O–H groups in total. The number of anilines is 1. The minimum atomic E-state index is -0.497. The van der Waals surface area contributed by atoms with Gasteiger partial charge in [0.1, 0.15) is 5.60 Å². The molecule has 3 amide bonds. The van der Waals surface area contributed by atoms with E-state index in [1.807, 2.05) is 48.8 Å². The fourth-order valence-electron chi connectivity index (χ4n) is 3.11. The molecule has 6 heteroatoms. The molecule has 1 aromatic carbocycles. The molecule has 0 spiro atoms. The van der Waals surface area contributed by atoms with Crippen LogP contribution in [0.3, 0.4) is 0 Å². The first kappa shape index (κ1) is 16.6. The molecule has 0 bridgehead atoms. The highest BCUT2D eigenvalue weighted by Gasteiger charge is 2.32. The van der Waals surface area contributed by atoms with E-state index in [9.17, 15) is 9.59 Å². The quantitative estimate of drug-likeness (QED) is 0.734. The maximum atomic E-state index is 12.8. The van der Waals surface area contributed by atoms with Crippen LogP contribution < -0.4 is 4.90 Å². The van der Waals surface area contributed by atoms with E-state index < -0.39 is 5.60 Å². The van der Waals surface area contributed by atoms with Crippen LogP contribution >= 0.6 is 0 Å². The molecular formula is C18H25N3O3. The van der Waals surface area contributed by atoms with Crippen molar-refractivity contribution in [2.45, 2.75) is 32.8 Å². The normalized spacial score (nSPS) is 17.7. The highest BCUT2D eigenvalue weighted by molar-refractivity contribution is 5.94. The summed E-state index contributed by atoms with van der Waals surface area (Å²) in [6.07, 6.45) is 0.598. The second-order valence-corrected chi connectivity index (χ2v) is 7.27. The van der Waals surface area contributed by atoms with Crippen molar-refractivity contribution in [1.29, 1.82) is 0 Å². The van der Waals surface area contributed by atoms with Gasteiger partial charge in [0.05, 0.1) is 0 Å². The van der Waals surface area contributed by atoms with Crippen molar-refractivity contribution in [2.75, 3.05) is 37.6 Å². The number of nitrogens with zero attached hydrogens (tertiary/aromatic N) is 3. The van der Waals surface area contributed by atoms with Gasteiger partial charge < -0.3 is 14.5 Å². The van der Waals surface area contributed by atoms with Crippen molar-refractivity contribution in [1.82, 2.24) is 9.80 Å². The maximum absolute atomic E-state index is 12.8. The molecule has 0 atom stereocenters. The van der Waals surface area contributed by atoms with Gasteiger partial charge in [-0.3, -0.25) is 4.90 Å². The molecular weight excluding hydrogens is 306 g/mol. The van der Waals surface area contributed by atoms with Crippen LogP contribution in [0.1, 0.15) is 26.3 Å². The fourth-order valence-corrected chi connectivity index (χ4v) is 3.11. The third-order valence-corrected chi connectivity index (χ3v) is 4.32. The molecule has 0 saturated carbocycles. The zero-order valence-corrected chi connectivity index (χ0v) is 14.6. The average molecular weight is 331 g/mol. The summed E-state index contributed by atoms with van der Waals surface area (Å²) in [6, 6.07) is 8.07. The molecule has 130 valence electrons. The van der Waals surface area contributed by atoms with Gasteiger partial charge in [-0.2, -0.15) is 0 Å². The standard InChI is InChI=1S/C18H25N3O3/c1-18(2,3)24-17(23)20-12-10-19(11-13-20)16(22)21-9-8-14-6-4-5-7-15(14)21/h4-7H,8-13H2,1-3H3. The molecule has 24 heavy (non-hydrogen) atoms. The predicted octanol–water partition coefficient (Wildman–Crippen LogP) is 2.72. The Labute approximate surface area is 143 Å². The van der Waals surface area contributed by atoms with Crippen LogP contribution in [0.4, 0.5) is 15.3 Å². The van der Waals surface area contributed by atoms with Gasteiger partial charge in [-0.25, -0.2) is 9.59 Å². The first-order chi connectivity index (χ1) is 11.3. The Bertz CT molecular complexity index is 631. The smallest absolute Gasteiger partial charge is 0.410 e. The van der Waals surface area contributed by atoms with E-state index in [1.54, 1.807) is 4.90 Å². The van der Waals surface area contributed by atoms with Crippen LogP contribution in [0.5, 0.6) is 0 Å². The number of hydrogen-bond donors (Lipinski definition) is 0. The number of amides is 3. The summed E-state index contributed by atoms with van der Waals surface area (Å²) in [6.45, 7) is 8.39. The highest BCUT2D eigenvalue weighted by atomic mass is 16.6. The Morgan fingerprint density at radius 2 is 1.58 bits per heavy atom. The lowest BCUT2D eigenvalue weighted by Crippen LogP contribution is -2.54. The summed E-state index contributed by atoms with van der Waals surface area (Å²) < 4.78 is 5.39. The molecule has 1 fully saturated rings. The van der Waals surface area contributed by atoms with E-state index in [0.29, 0.717) is 26.2 Å². The monoisotopic (exact) mass is 331 g/mol. The van der Waals surface area contributed by atoms with Crippen molar-refractivity contribution >= 4 is 17.8 Å². The molecule has 1 saturated heterocycles. The summed E-state index contributed by atoms with van der Waals surface area (Å²) >= 11 is 0. The number of piperazine rings is 1. The third kappa shape index (κ3) is 3.47. The SMILES string of the molecule is CC(C)(C)OC(=O)N1CCN(C(=O)N2CCc3ccccc32)CC1. The highest BCUT2D eigenvalue weighted by Crippen LogP contribution is 2.28. The van der Waals surface area contributed by atoms with Gasteiger partial charge in [0.2, 0.25) is 0 Å². The number of hydrogen-bond acceptors (Lipinski definition) is 3. The lowest BCUT2D eigenvalue weighted by molar-refractivity contribution is 0.0172. The molecule has 3 rings (SSSR count). The zero-order chi connectivity index (χ0) is 17.3. The van der Waals surface area contributed by atoms with E-state index in [0.717, 1.165) is 18.7 Å². The van der Waals surface area contributed by atoms with Gasteiger partial charge in [-0.1, -0.05) is 18.2 Å². The number of carbonyl (C=O) groups is 2. The van der Waals surface area contributed by atoms with Gasteiger partial charge in [0.25, 0.3) is 0 Å². The van der Waals surface area contributed by atoms with E-state index in [4.69, 9.17) is 4.74 Å². The molecule has 0 aromatic heterocycles. The van der Waals surface area contributed by atoms with Gasteiger partial charge in [0.15, 0.2) is 0 Å². The van der Waals surface area contributed by atoms with Crippen molar-refractivity contribution in [2.24, 2.45) is 0 Å². The molecule has 2 heterocycles. The van der Waals surface area contributed by atoms with Gasteiger partial charge in [-0.15, -0.1) is 0 Å². The third-order valence-electron chi connectivity index (χ3n) is 4.32. The second-order valence-electron chi connectivity index (χ2n) is 7.27. The zero-order valence-electron chi connectivity index (χ0n) is 14.6. The van der Waals surface area contributed by atoms with Crippen LogP contribution in [0.2, 0.25) is 0 Å². The van der Waals surface area contributed by atoms with Crippen LogP contribution in [-0.4, -0.2) is 60.2 Å². The van der Waals surface area contributed by atoms with Crippen molar-refractivity contribution in [3.8, 4) is 0 Å². The molecule has 6 nitrogen and oxygen atoms in total. The minimum absolute atomic E-state index is 0.0313. The van der Waals surface area contributed by atoms with Gasteiger partial charge >= 0.3 is 12.1 Å². The fraction of sp³-hybridized carbons (Fsp3) is 0.556. The molecule has 2 aliphatic rings. The number of urea groups is 1. The summed E-state index contributed by atoms with van der Waals surface area (Å²) in [5, 5.41) is 0. The summed E-state index contributed by atoms with van der Waals surface area (Å²) in [5.74, 6) is 0. The Morgan fingerprint density at radius 1 is 0.958 bits per heavy atom. The first-order valence-corrected chi connectivity index (χ1v) is 8.47. The minimum Gasteiger partial charge on any atom is -0.444 e. The Kier molecular flexibility index (Phi) is 4.39. The predicted molar refractivity (Wildman–Crippen MR) is 92.3 cm³/mol. The van der Waals surface area contributed by atoms with Crippen LogP contribution in [-0.2, 0) is 11.2 Å². The topological polar surface area (TPSA) is 53.1 Å². The maximum Gasteiger partial charge on any atom is 0.410 e. The number of fused-ring (bicyclic) bond motifs is 1. The van der Waals surface area contributed by atoms with Crippen LogP contribution in [0.15, 0.2) is 24.3 Å². The first-order valence-electron chi connectivity index (χ1n) is 8.47. The Hall–Kier alpha value is -2.24. The lowest BCUT2D eigenvalue weighted by Gasteiger charge is -2.37. The van der Waals surface area contributed by atoms with E-state index in [1.165, 1.54) is 5.56 Å². The number of ether oxygens (including phenoxy) is 1. The second kappa shape index (κ2) is 6.34. The Morgan fingerprint density at radius 3 is 2.25 bits per heavy atom. The van der Waals surface area contributed by atoms with Gasteiger partial charge in [-0.05, 0) is 38.8 Å². The van der Waals surface area contributed by atoms with E-state index >= 15 is 0 Å². The molecule has 0 aliphatic carbocycles. The lowest BCUT2D eigenvalue weighted by atomic mass is 10.2. The average Bonchev–Trinajstić information content (AvgIpc) is 2.97. The van der Waals surface area contributed by atoms with Crippen molar-refractivity contribution in [3.05, 3.63) is 29.8 Å². The number of carbonyl (C=O) groups excluding carboxylic acids is 2. The van der Waals surface area contributed by atoms with Crippen LogP contribution in [0.25, 0.3) is 0 Å². The summed E-state index contributed by atoms with van der Waals surface area (Å²) in [7, 11) is 0. The molecule has 1 aromatic rings. The van der Waals surface area contributed by atoms with Crippen molar-refractivity contribution in [3.63, 3.8) is 0 Å². The Balaban J connectivity index is 1.58. The number of para-hydroxylation sites is 1. The van der Waals surface area contributed by atoms with E-state index in [-0.39, 0.29) is 12.1 Å². The van der Waals surface area contributed by atoms with E-state index in [2.05, 4.69) is 6.07 Å². The largest absolute Gasteiger partial charge is 0.444 e. The summed E-state index contributed by atoms with van der Waals surface area (Å²) in [5.41, 5.74) is 1.74.